The number of nitriles is 1. The van der Waals surface area contributed by atoms with E-state index < -0.39 is 9.84 Å². The molecule has 0 aliphatic carbocycles. The standard InChI is InChI=1S/C14H11NO2S2/c1-19(16,17)14-8-6-13(7-9-14)18-12-4-2-11(10-15)3-5-12/h2-9H,1H3. The molecule has 0 aromatic heterocycles. The fourth-order valence-electron chi connectivity index (χ4n) is 1.49. The van der Waals surface area contributed by atoms with Crippen molar-refractivity contribution in [1.82, 2.24) is 0 Å². The molecule has 2 aromatic rings. The molecule has 0 N–H and O–H groups in total. The summed E-state index contributed by atoms with van der Waals surface area (Å²) >= 11 is 1.52. The largest absolute Gasteiger partial charge is 0.224 e. The van der Waals surface area contributed by atoms with Crippen molar-refractivity contribution in [2.24, 2.45) is 0 Å². The summed E-state index contributed by atoms with van der Waals surface area (Å²) in [5, 5.41) is 8.71. The monoisotopic (exact) mass is 289 g/mol. The fraction of sp³-hybridized carbons (Fsp3) is 0.0714. The van der Waals surface area contributed by atoms with Crippen molar-refractivity contribution in [3.63, 3.8) is 0 Å². The van der Waals surface area contributed by atoms with Gasteiger partial charge in [0.25, 0.3) is 0 Å². The lowest BCUT2D eigenvalue weighted by Gasteiger charge is -2.03. The maximum atomic E-state index is 11.3. The van der Waals surface area contributed by atoms with Crippen LogP contribution in [0.15, 0.2) is 63.2 Å². The van der Waals surface area contributed by atoms with Crippen LogP contribution in [0.2, 0.25) is 0 Å². The van der Waals surface area contributed by atoms with Crippen LogP contribution in [0, 0.1) is 11.3 Å². The number of sulfone groups is 1. The highest BCUT2D eigenvalue weighted by molar-refractivity contribution is 7.99. The van der Waals surface area contributed by atoms with Crippen LogP contribution in [-0.2, 0) is 9.84 Å². The molecule has 0 saturated heterocycles. The number of hydrogen-bond acceptors (Lipinski definition) is 4. The zero-order chi connectivity index (χ0) is 13.9. The van der Waals surface area contributed by atoms with Crippen molar-refractivity contribution in [2.75, 3.05) is 6.26 Å². The summed E-state index contributed by atoms with van der Waals surface area (Å²) in [5.74, 6) is 0. The molecule has 0 atom stereocenters. The maximum Gasteiger partial charge on any atom is 0.175 e. The Morgan fingerprint density at radius 1 is 0.947 bits per heavy atom. The third-order valence-corrected chi connectivity index (χ3v) is 4.62. The average molecular weight is 289 g/mol. The Labute approximate surface area is 116 Å². The quantitative estimate of drug-likeness (QED) is 0.871. The summed E-state index contributed by atoms with van der Waals surface area (Å²) in [6.07, 6.45) is 1.19. The lowest BCUT2D eigenvalue weighted by atomic mass is 10.2. The van der Waals surface area contributed by atoms with Crippen molar-refractivity contribution in [1.29, 1.82) is 5.26 Å². The van der Waals surface area contributed by atoms with E-state index in [4.69, 9.17) is 5.26 Å². The zero-order valence-corrected chi connectivity index (χ0v) is 11.8. The Hall–Kier alpha value is -1.77. The van der Waals surface area contributed by atoms with Crippen LogP contribution in [-0.4, -0.2) is 14.7 Å². The number of hydrogen-bond donors (Lipinski definition) is 0. The molecule has 0 radical (unpaired) electrons. The van der Waals surface area contributed by atoms with E-state index in [-0.39, 0.29) is 0 Å². The highest BCUT2D eigenvalue weighted by atomic mass is 32.2. The molecule has 0 bridgehead atoms. The van der Waals surface area contributed by atoms with Gasteiger partial charge in [-0.25, -0.2) is 8.42 Å². The minimum absolute atomic E-state index is 0.316. The van der Waals surface area contributed by atoms with E-state index in [2.05, 4.69) is 6.07 Å². The van der Waals surface area contributed by atoms with Crippen LogP contribution in [0.4, 0.5) is 0 Å². The van der Waals surface area contributed by atoms with Gasteiger partial charge in [-0.3, -0.25) is 0 Å². The summed E-state index contributed by atoms with van der Waals surface area (Å²) in [5.41, 5.74) is 0.622. The third kappa shape index (κ3) is 3.60. The molecule has 0 aliphatic heterocycles. The molecule has 3 nitrogen and oxygen atoms in total. The molecule has 0 saturated carbocycles. The first kappa shape index (κ1) is 13.7. The summed E-state index contributed by atoms with van der Waals surface area (Å²) in [4.78, 5) is 2.28. The second kappa shape index (κ2) is 5.47. The molecule has 0 fully saturated rings. The molecular formula is C14H11NO2S2. The average Bonchev–Trinajstić information content (AvgIpc) is 2.39. The Morgan fingerprint density at radius 2 is 1.42 bits per heavy atom. The van der Waals surface area contributed by atoms with Crippen LogP contribution in [0.1, 0.15) is 5.56 Å². The van der Waals surface area contributed by atoms with Gasteiger partial charge in [-0.1, -0.05) is 11.8 Å². The Morgan fingerprint density at radius 3 is 1.84 bits per heavy atom. The van der Waals surface area contributed by atoms with Gasteiger partial charge in [0.1, 0.15) is 0 Å². The lowest BCUT2D eigenvalue weighted by Crippen LogP contribution is -1.95. The molecule has 0 spiro atoms. The molecule has 5 heteroatoms. The molecular weight excluding hydrogens is 278 g/mol. The van der Waals surface area contributed by atoms with Crippen LogP contribution < -0.4 is 0 Å². The summed E-state index contributed by atoms with van der Waals surface area (Å²) in [6.45, 7) is 0. The lowest BCUT2D eigenvalue weighted by molar-refractivity contribution is 0.602. The second-order valence-corrected chi connectivity index (χ2v) is 7.14. The zero-order valence-electron chi connectivity index (χ0n) is 10.2. The van der Waals surface area contributed by atoms with Crippen molar-refractivity contribution in [3.05, 3.63) is 54.1 Å². The highest BCUT2D eigenvalue weighted by Crippen LogP contribution is 2.28. The first-order chi connectivity index (χ1) is 8.99. The first-order valence-electron chi connectivity index (χ1n) is 5.47. The highest BCUT2D eigenvalue weighted by Gasteiger charge is 2.06. The van der Waals surface area contributed by atoms with Crippen LogP contribution >= 0.6 is 11.8 Å². The Kier molecular flexibility index (Phi) is 3.93. The summed E-state index contributed by atoms with van der Waals surface area (Å²) < 4.78 is 22.7. The van der Waals surface area contributed by atoms with Crippen LogP contribution in [0.3, 0.4) is 0 Å². The van der Waals surface area contributed by atoms with E-state index in [1.165, 1.54) is 18.0 Å². The van der Waals surface area contributed by atoms with Gasteiger partial charge in [0, 0.05) is 16.0 Å². The van der Waals surface area contributed by atoms with Gasteiger partial charge in [-0.05, 0) is 48.5 Å². The fourth-order valence-corrected chi connectivity index (χ4v) is 2.94. The van der Waals surface area contributed by atoms with E-state index in [0.29, 0.717) is 10.5 Å². The van der Waals surface area contributed by atoms with E-state index in [9.17, 15) is 8.42 Å². The molecule has 19 heavy (non-hydrogen) atoms. The van der Waals surface area contributed by atoms with Crippen molar-refractivity contribution in [3.8, 4) is 6.07 Å². The molecule has 2 rings (SSSR count). The van der Waals surface area contributed by atoms with E-state index in [1.807, 2.05) is 12.1 Å². The normalized spacial score (nSPS) is 10.9. The van der Waals surface area contributed by atoms with Crippen molar-refractivity contribution in [2.45, 2.75) is 14.7 Å². The van der Waals surface area contributed by atoms with Gasteiger partial charge in [0.15, 0.2) is 9.84 Å². The molecule has 0 unspecified atom stereocenters. The molecule has 0 aliphatic rings. The van der Waals surface area contributed by atoms with E-state index in [1.54, 1.807) is 36.4 Å². The number of nitrogens with zero attached hydrogens (tertiary/aromatic N) is 1. The molecule has 2 aromatic carbocycles. The summed E-state index contributed by atoms with van der Waals surface area (Å²) in [7, 11) is -3.15. The number of rotatable bonds is 3. The molecule has 0 heterocycles. The van der Waals surface area contributed by atoms with Gasteiger partial charge in [0.05, 0.1) is 16.5 Å². The van der Waals surface area contributed by atoms with Crippen molar-refractivity contribution < 1.29 is 8.42 Å². The van der Waals surface area contributed by atoms with E-state index in [0.717, 1.165) is 9.79 Å². The van der Waals surface area contributed by atoms with E-state index >= 15 is 0 Å². The first-order valence-corrected chi connectivity index (χ1v) is 8.18. The third-order valence-electron chi connectivity index (χ3n) is 2.47. The Bertz CT molecular complexity index is 712. The SMILES string of the molecule is CS(=O)(=O)c1ccc(Sc2ccc(C#N)cc2)cc1. The summed E-state index contributed by atoms with van der Waals surface area (Å²) in [6, 6.07) is 16.1. The van der Waals surface area contributed by atoms with Crippen LogP contribution in [0.25, 0.3) is 0 Å². The minimum atomic E-state index is -3.15. The predicted octanol–water partition coefficient (Wildman–Crippen LogP) is 3.11. The second-order valence-electron chi connectivity index (χ2n) is 3.98. The van der Waals surface area contributed by atoms with Crippen LogP contribution in [0.5, 0.6) is 0 Å². The van der Waals surface area contributed by atoms with Gasteiger partial charge in [-0.15, -0.1) is 0 Å². The maximum absolute atomic E-state index is 11.3. The molecule has 96 valence electrons. The number of benzene rings is 2. The van der Waals surface area contributed by atoms with Gasteiger partial charge >= 0.3 is 0 Å². The minimum Gasteiger partial charge on any atom is -0.224 e. The Balaban J connectivity index is 2.17. The van der Waals surface area contributed by atoms with Gasteiger partial charge in [-0.2, -0.15) is 5.26 Å². The topological polar surface area (TPSA) is 57.9 Å². The van der Waals surface area contributed by atoms with Gasteiger partial charge in [0.2, 0.25) is 0 Å². The van der Waals surface area contributed by atoms with Gasteiger partial charge < -0.3 is 0 Å². The smallest absolute Gasteiger partial charge is 0.175 e. The predicted molar refractivity (Wildman–Crippen MR) is 74.8 cm³/mol. The molecule has 0 amide bonds. The van der Waals surface area contributed by atoms with Crippen molar-refractivity contribution >= 4 is 21.6 Å².